The first-order valence-corrected chi connectivity index (χ1v) is 4.77. The molecule has 0 aromatic carbocycles. The van der Waals surface area contributed by atoms with Gasteiger partial charge in [0.15, 0.2) is 0 Å². The van der Waals surface area contributed by atoms with Gasteiger partial charge in [0.1, 0.15) is 0 Å². The molecular weight excluding hydrogens is 152 g/mol. The Morgan fingerprint density at radius 2 is 2.25 bits per heavy atom. The smallest absolute Gasteiger partial charge is 0.222 e. The van der Waals surface area contributed by atoms with Crippen molar-refractivity contribution in [2.75, 3.05) is 26.7 Å². The molecule has 1 aliphatic heterocycles. The fourth-order valence-electron chi connectivity index (χ4n) is 1.52. The summed E-state index contributed by atoms with van der Waals surface area (Å²) in [4.78, 5) is 13.4. The van der Waals surface area contributed by atoms with E-state index in [1.54, 1.807) is 0 Å². The van der Waals surface area contributed by atoms with Gasteiger partial charge in [-0.05, 0) is 19.9 Å². The summed E-state index contributed by atoms with van der Waals surface area (Å²) < 4.78 is 0. The first-order valence-electron chi connectivity index (χ1n) is 4.77. The Hall–Kier alpha value is -0.570. The first kappa shape index (κ1) is 9.52. The summed E-state index contributed by atoms with van der Waals surface area (Å²) in [5.74, 6) is 0.336. The van der Waals surface area contributed by atoms with E-state index in [0.717, 1.165) is 32.5 Å². The molecule has 1 amide bonds. The monoisotopic (exact) mass is 170 g/mol. The fourth-order valence-corrected chi connectivity index (χ4v) is 1.52. The van der Waals surface area contributed by atoms with E-state index in [9.17, 15) is 4.79 Å². The van der Waals surface area contributed by atoms with Crippen molar-refractivity contribution in [3.05, 3.63) is 0 Å². The van der Waals surface area contributed by atoms with Gasteiger partial charge in [0.25, 0.3) is 0 Å². The molecule has 1 N–H and O–H groups in total. The number of nitrogens with one attached hydrogen (secondary N) is 1. The molecule has 0 saturated carbocycles. The Balaban J connectivity index is 2.31. The number of carbonyl (C=O) groups is 1. The normalized spacial score (nSPS) is 19.4. The third-order valence-corrected chi connectivity index (χ3v) is 2.30. The van der Waals surface area contributed by atoms with E-state index in [1.165, 1.54) is 12.8 Å². The number of amides is 1. The average molecular weight is 170 g/mol. The predicted octanol–water partition coefficient (Wildman–Crippen LogP) is 0.608. The summed E-state index contributed by atoms with van der Waals surface area (Å²) in [5, 5.41) is 3.06. The lowest BCUT2D eigenvalue weighted by atomic mass is 10.2. The summed E-state index contributed by atoms with van der Waals surface area (Å²) >= 11 is 0. The van der Waals surface area contributed by atoms with Crippen molar-refractivity contribution < 1.29 is 4.79 Å². The van der Waals surface area contributed by atoms with Crippen LogP contribution >= 0.6 is 0 Å². The van der Waals surface area contributed by atoms with Crippen molar-refractivity contribution in [1.82, 2.24) is 10.2 Å². The second-order valence-electron chi connectivity index (χ2n) is 3.30. The number of nitrogens with zero attached hydrogens (tertiary/aromatic N) is 1. The van der Waals surface area contributed by atoms with Crippen LogP contribution in [0.3, 0.4) is 0 Å². The molecule has 70 valence electrons. The Morgan fingerprint density at radius 1 is 1.42 bits per heavy atom. The molecule has 1 fully saturated rings. The summed E-state index contributed by atoms with van der Waals surface area (Å²) in [6.45, 7) is 2.74. The Morgan fingerprint density at radius 3 is 3.00 bits per heavy atom. The molecule has 1 rings (SSSR count). The van der Waals surface area contributed by atoms with E-state index in [4.69, 9.17) is 0 Å². The molecule has 3 heteroatoms. The minimum Gasteiger partial charge on any atom is -0.341 e. The van der Waals surface area contributed by atoms with Gasteiger partial charge in [-0.1, -0.05) is 6.42 Å². The number of hydrogen-bond acceptors (Lipinski definition) is 2. The third kappa shape index (κ3) is 2.81. The van der Waals surface area contributed by atoms with E-state index in [2.05, 4.69) is 5.32 Å². The van der Waals surface area contributed by atoms with Gasteiger partial charge in [-0.3, -0.25) is 4.79 Å². The molecule has 1 saturated heterocycles. The molecule has 0 atom stereocenters. The lowest BCUT2D eigenvalue weighted by Crippen LogP contribution is -2.35. The maximum Gasteiger partial charge on any atom is 0.222 e. The highest BCUT2D eigenvalue weighted by molar-refractivity contribution is 5.76. The Bertz CT molecular complexity index is 147. The lowest BCUT2D eigenvalue weighted by Gasteiger charge is -2.19. The Kier molecular flexibility index (Phi) is 4.08. The van der Waals surface area contributed by atoms with Crippen LogP contribution in [0.5, 0.6) is 0 Å². The van der Waals surface area contributed by atoms with E-state index < -0.39 is 0 Å². The zero-order valence-corrected chi connectivity index (χ0v) is 7.81. The molecule has 0 aliphatic carbocycles. The highest BCUT2D eigenvalue weighted by atomic mass is 16.2. The predicted molar refractivity (Wildman–Crippen MR) is 49.0 cm³/mol. The van der Waals surface area contributed by atoms with Gasteiger partial charge in [0, 0.05) is 26.1 Å². The molecule has 1 heterocycles. The van der Waals surface area contributed by atoms with Gasteiger partial charge >= 0.3 is 0 Å². The summed E-state index contributed by atoms with van der Waals surface area (Å²) in [6.07, 6.45) is 4.22. The van der Waals surface area contributed by atoms with Crippen molar-refractivity contribution in [2.24, 2.45) is 0 Å². The van der Waals surface area contributed by atoms with Gasteiger partial charge in [-0.15, -0.1) is 0 Å². The zero-order valence-electron chi connectivity index (χ0n) is 7.81. The molecule has 0 unspecified atom stereocenters. The molecule has 12 heavy (non-hydrogen) atoms. The van der Waals surface area contributed by atoms with E-state index in [-0.39, 0.29) is 0 Å². The molecule has 0 aromatic heterocycles. The highest BCUT2D eigenvalue weighted by Gasteiger charge is 2.14. The van der Waals surface area contributed by atoms with Gasteiger partial charge in [-0.25, -0.2) is 0 Å². The van der Waals surface area contributed by atoms with Crippen LogP contribution in [-0.2, 0) is 4.79 Å². The summed E-state index contributed by atoms with van der Waals surface area (Å²) in [7, 11) is 1.92. The van der Waals surface area contributed by atoms with E-state index in [0.29, 0.717) is 5.91 Å². The van der Waals surface area contributed by atoms with Crippen LogP contribution < -0.4 is 5.32 Å². The first-order chi connectivity index (χ1) is 5.84. The SMILES string of the molecule is CNCCN1CCCCCC1=O. The summed E-state index contributed by atoms with van der Waals surface area (Å²) in [5.41, 5.74) is 0. The fraction of sp³-hybridized carbons (Fsp3) is 0.889. The van der Waals surface area contributed by atoms with Crippen LogP contribution in [0, 0.1) is 0 Å². The van der Waals surface area contributed by atoms with Crippen molar-refractivity contribution in [2.45, 2.75) is 25.7 Å². The van der Waals surface area contributed by atoms with Crippen LogP contribution in [-0.4, -0.2) is 37.5 Å². The number of likely N-dealkylation sites (tertiary alicyclic amines) is 1. The topological polar surface area (TPSA) is 32.3 Å². The number of likely N-dealkylation sites (N-methyl/N-ethyl adjacent to an activating group) is 1. The van der Waals surface area contributed by atoms with Crippen molar-refractivity contribution in [1.29, 1.82) is 0 Å². The van der Waals surface area contributed by atoms with Crippen molar-refractivity contribution >= 4 is 5.91 Å². The standard InChI is InChI=1S/C9H18N2O/c1-10-6-8-11-7-4-2-3-5-9(11)12/h10H,2-8H2,1H3. The second kappa shape index (κ2) is 5.14. The Labute approximate surface area is 74.1 Å². The molecule has 0 radical (unpaired) electrons. The van der Waals surface area contributed by atoms with Gasteiger partial charge < -0.3 is 10.2 Å². The van der Waals surface area contributed by atoms with Gasteiger partial charge in [-0.2, -0.15) is 0 Å². The van der Waals surface area contributed by atoms with E-state index in [1.807, 2.05) is 11.9 Å². The quantitative estimate of drug-likeness (QED) is 0.673. The van der Waals surface area contributed by atoms with Crippen LogP contribution in [0.25, 0.3) is 0 Å². The molecule has 0 aromatic rings. The average Bonchev–Trinajstić information content (AvgIpc) is 2.27. The largest absolute Gasteiger partial charge is 0.341 e. The maximum absolute atomic E-state index is 11.4. The highest BCUT2D eigenvalue weighted by Crippen LogP contribution is 2.10. The zero-order chi connectivity index (χ0) is 8.81. The van der Waals surface area contributed by atoms with Gasteiger partial charge in [0.05, 0.1) is 0 Å². The molecule has 0 bridgehead atoms. The lowest BCUT2D eigenvalue weighted by molar-refractivity contribution is -0.130. The van der Waals surface area contributed by atoms with Crippen LogP contribution in [0.15, 0.2) is 0 Å². The molecular formula is C9H18N2O. The van der Waals surface area contributed by atoms with Crippen molar-refractivity contribution in [3.63, 3.8) is 0 Å². The third-order valence-electron chi connectivity index (χ3n) is 2.30. The van der Waals surface area contributed by atoms with Crippen LogP contribution in [0.2, 0.25) is 0 Å². The van der Waals surface area contributed by atoms with Crippen LogP contribution in [0.4, 0.5) is 0 Å². The number of carbonyl (C=O) groups excluding carboxylic acids is 1. The van der Waals surface area contributed by atoms with Gasteiger partial charge in [0.2, 0.25) is 5.91 Å². The second-order valence-corrected chi connectivity index (χ2v) is 3.30. The molecule has 0 spiro atoms. The van der Waals surface area contributed by atoms with Crippen molar-refractivity contribution in [3.8, 4) is 0 Å². The maximum atomic E-state index is 11.4. The molecule has 1 aliphatic rings. The van der Waals surface area contributed by atoms with Crippen LogP contribution in [0.1, 0.15) is 25.7 Å². The minimum absolute atomic E-state index is 0.336. The van der Waals surface area contributed by atoms with E-state index >= 15 is 0 Å². The number of hydrogen-bond donors (Lipinski definition) is 1. The molecule has 3 nitrogen and oxygen atoms in total. The summed E-state index contributed by atoms with van der Waals surface area (Å²) in [6, 6.07) is 0. The number of rotatable bonds is 3. The minimum atomic E-state index is 0.336.